The van der Waals surface area contributed by atoms with Crippen LogP contribution in [-0.4, -0.2) is 43.2 Å². The Morgan fingerprint density at radius 2 is 2.24 bits per heavy atom. The SMILES string of the molecule is CC(C)CC(CN)CC(=O)N1CCOC(C)C1. The summed E-state index contributed by atoms with van der Waals surface area (Å²) in [6, 6.07) is 0. The Bertz CT molecular complexity index is 244. The Balaban J connectivity index is 2.40. The lowest BCUT2D eigenvalue weighted by Crippen LogP contribution is -2.45. The molecule has 2 unspecified atom stereocenters. The first-order valence-electron chi connectivity index (χ1n) is 6.62. The van der Waals surface area contributed by atoms with Crippen LogP contribution in [0.5, 0.6) is 0 Å². The van der Waals surface area contributed by atoms with Crippen LogP contribution in [0.1, 0.15) is 33.6 Å². The van der Waals surface area contributed by atoms with E-state index in [1.54, 1.807) is 0 Å². The van der Waals surface area contributed by atoms with Gasteiger partial charge in [-0.1, -0.05) is 13.8 Å². The molecule has 1 heterocycles. The van der Waals surface area contributed by atoms with E-state index in [2.05, 4.69) is 13.8 Å². The minimum absolute atomic E-state index is 0.161. The maximum atomic E-state index is 12.1. The third kappa shape index (κ3) is 5.04. The molecular weight excluding hydrogens is 216 g/mol. The van der Waals surface area contributed by atoms with Gasteiger partial charge in [0.25, 0.3) is 0 Å². The van der Waals surface area contributed by atoms with Gasteiger partial charge >= 0.3 is 0 Å². The molecule has 1 fully saturated rings. The Kier molecular flexibility index (Phi) is 5.92. The topological polar surface area (TPSA) is 55.6 Å². The molecular formula is C13H26N2O2. The number of carbonyl (C=O) groups is 1. The molecule has 4 heteroatoms. The van der Waals surface area contributed by atoms with Gasteiger partial charge < -0.3 is 15.4 Å². The number of morpholine rings is 1. The molecule has 0 saturated carbocycles. The summed E-state index contributed by atoms with van der Waals surface area (Å²) in [6.45, 7) is 9.05. The van der Waals surface area contributed by atoms with E-state index in [0.29, 0.717) is 31.4 Å². The van der Waals surface area contributed by atoms with E-state index >= 15 is 0 Å². The second-order valence-electron chi connectivity index (χ2n) is 5.46. The average Bonchev–Trinajstić information content (AvgIpc) is 2.27. The van der Waals surface area contributed by atoms with E-state index in [0.717, 1.165) is 19.5 Å². The van der Waals surface area contributed by atoms with Gasteiger partial charge in [0.05, 0.1) is 12.7 Å². The van der Waals surface area contributed by atoms with Crippen LogP contribution < -0.4 is 5.73 Å². The van der Waals surface area contributed by atoms with Crippen LogP contribution in [0.3, 0.4) is 0 Å². The molecule has 1 aliphatic heterocycles. The highest BCUT2D eigenvalue weighted by Crippen LogP contribution is 2.16. The van der Waals surface area contributed by atoms with E-state index in [9.17, 15) is 4.79 Å². The standard InChI is InChI=1S/C13H26N2O2/c1-10(2)6-12(8-14)7-13(16)15-4-5-17-11(3)9-15/h10-12H,4-9,14H2,1-3H3. The van der Waals surface area contributed by atoms with Crippen molar-refractivity contribution in [3.8, 4) is 0 Å². The van der Waals surface area contributed by atoms with Crippen LogP contribution in [0.25, 0.3) is 0 Å². The molecule has 1 amide bonds. The largest absolute Gasteiger partial charge is 0.375 e. The van der Waals surface area contributed by atoms with Crippen LogP contribution in [-0.2, 0) is 9.53 Å². The zero-order chi connectivity index (χ0) is 12.8. The van der Waals surface area contributed by atoms with Crippen molar-refractivity contribution in [3.05, 3.63) is 0 Å². The zero-order valence-corrected chi connectivity index (χ0v) is 11.3. The Hall–Kier alpha value is -0.610. The van der Waals surface area contributed by atoms with Crippen LogP contribution >= 0.6 is 0 Å². The second-order valence-corrected chi connectivity index (χ2v) is 5.46. The summed E-state index contributed by atoms with van der Waals surface area (Å²) in [4.78, 5) is 14.0. The van der Waals surface area contributed by atoms with Gasteiger partial charge in [0, 0.05) is 19.5 Å². The molecule has 0 bridgehead atoms. The van der Waals surface area contributed by atoms with Crippen molar-refractivity contribution in [1.29, 1.82) is 0 Å². The Labute approximate surface area is 104 Å². The summed E-state index contributed by atoms with van der Waals surface area (Å²) in [7, 11) is 0. The summed E-state index contributed by atoms with van der Waals surface area (Å²) >= 11 is 0. The molecule has 0 spiro atoms. The molecule has 0 radical (unpaired) electrons. The number of ether oxygens (including phenoxy) is 1. The molecule has 0 aromatic heterocycles. The molecule has 100 valence electrons. The third-order valence-electron chi connectivity index (χ3n) is 3.20. The number of nitrogens with two attached hydrogens (primary N) is 1. The minimum atomic E-state index is 0.161. The molecule has 1 saturated heterocycles. The van der Waals surface area contributed by atoms with Crippen LogP contribution in [0, 0.1) is 11.8 Å². The third-order valence-corrected chi connectivity index (χ3v) is 3.20. The smallest absolute Gasteiger partial charge is 0.223 e. The number of carbonyl (C=O) groups excluding carboxylic acids is 1. The normalized spacial score (nSPS) is 22.9. The first-order chi connectivity index (χ1) is 8.02. The number of hydrogen-bond donors (Lipinski definition) is 1. The van der Waals surface area contributed by atoms with Gasteiger partial charge in [-0.05, 0) is 31.7 Å². The molecule has 4 nitrogen and oxygen atoms in total. The van der Waals surface area contributed by atoms with Crippen molar-refractivity contribution in [2.75, 3.05) is 26.2 Å². The van der Waals surface area contributed by atoms with E-state index in [4.69, 9.17) is 10.5 Å². The lowest BCUT2D eigenvalue weighted by atomic mass is 9.93. The van der Waals surface area contributed by atoms with Gasteiger partial charge in [-0.25, -0.2) is 0 Å². The minimum Gasteiger partial charge on any atom is -0.375 e. The maximum Gasteiger partial charge on any atom is 0.223 e. The Morgan fingerprint density at radius 3 is 2.76 bits per heavy atom. The number of amides is 1. The van der Waals surface area contributed by atoms with E-state index < -0.39 is 0 Å². The molecule has 2 N–H and O–H groups in total. The van der Waals surface area contributed by atoms with Gasteiger partial charge in [0.15, 0.2) is 0 Å². The molecule has 1 rings (SSSR count). The molecule has 2 atom stereocenters. The molecule has 0 aromatic carbocycles. The van der Waals surface area contributed by atoms with E-state index in [-0.39, 0.29) is 12.0 Å². The fourth-order valence-corrected chi connectivity index (χ4v) is 2.35. The monoisotopic (exact) mass is 242 g/mol. The van der Waals surface area contributed by atoms with Crippen molar-refractivity contribution in [2.45, 2.75) is 39.7 Å². The predicted octanol–water partition coefficient (Wildman–Crippen LogP) is 1.24. The van der Waals surface area contributed by atoms with E-state index in [1.807, 2.05) is 11.8 Å². The zero-order valence-electron chi connectivity index (χ0n) is 11.3. The fourth-order valence-electron chi connectivity index (χ4n) is 2.35. The van der Waals surface area contributed by atoms with Gasteiger partial charge in [-0.15, -0.1) is 0 Å². The Morgan fingerprint density at radius 1 is 1.53 bits per heavy atom. The quantitative estimate of drug-likeness (QED) is 0.789. The van der Waals surface area contributed by atoms with E-state index in [1.165, 1.54) is 0 Å². The van der Waals surface area contributed by atoms with Gasteiger partial charge in [-0.3, -0.25) is 4.79 Å². The maximum absolute atomic E-state index is 12.1. The molecule has 1 aliphatic rings. The summed E-state index contributed by atoms with van der Waals surface area (Å²) < 4.78 is 5.44. The van der Waals surface area contributed by atoms with Crippen LogP contribution in [0.2, 0.25) is 0 Å². The first-order valence-corrected chi connectivity index (χ1v) is 6.62. The van der Waals surface area contributed by atoms with Crippen molar-refractivity contribution in [2.24, 2.45) is 17.6 Å². The highest BCUT2D eigenvalue weighted by Gasteiger charge is 2.23. The molecule has 0 aliphatic carbocycles. The van der Waals surface area contributed by atoms with Gasteiger partial charge in [0.1, 0.15) is 0 Å². The summed E-state index contributed by atoms with van der Waals surface area (Å²) in [5, 5.41) is 0. The van der Waals surface area contributed by atoms with Gasteiger partial charge in [-0.2, -0.15) is 0 Å². The number of nitrogens with zero attached hydrogens (tertiary/aromatic N) is 1. The number of rotatable bonds is 5. The molecule has 0 aromatic rings. The fraction of sp³-hybridized carbons (Fsp3) is 0.923. The summed E-state index contributed by atoms with van der Waals surface area (Å²) in [5.74, 6) is 1.15. The van der Waals surface area contributed by atoms with Crippen LogP contribution in [0.4, 0.5) is 0 Å². The predicted molar refractivity (Wildman–Crippen MR) is 68.6 cm³/mol. The van der Waals surface area contributed by atoms with Gasteiger partial charge in [0.2, 0.25) is 5.91 Å². The van der Waals surface area contributed by atoms with Crippen LogP contribution in [0.15, 0.2) is 0 Å². The number of hydrogen-bond acceptors (Lipinski definition) is 3. The lowest BCUT2D eigenvalue weighted by Gasteiger charge is -2.32. The highest BCUT2D eigenvalue weighted by molar-refractivity contribution is 5.76. The second kappa shape index (κ2) is 6.97. The lowest BCUT2D eigenvalue weighted by molar-refractivity contribution is -0.139. The highest BCUT2D eigenvalue weighted by atomic mass is 16.5. The van der Waals surface area contributed by atoms with Crippen molar-refractivity contribution >= 4 is 5.91 Å². The summed E-state index contributed by atoms with van der Waals surface area (Å²) in [5.41, 5.74) is 5.73. The molecule has 17 heavy (non-hydrogen) atoms. The van der Waals surface area contributed by atoms with Crippen molar-refractivity contribution < 1.29 is 9.53 Å². The van der Waals surface area contributed by atoms with Crippen molar-refractivity contribution in [3.63, 3.8) is 0 Å². The van der Waals surface area contributed by atoms with Crippen molar-refractivity contribution in [1.82, 2.24) is 4.90 Å². The average molecular weight is 242 g/mol. The summed E-state index contributed by atoms with van der Waals surface area (Å²) in [6.07, 6.45) is 1.78. The first kappa shape index (κ1) is 14.5.